The Morgan fingerprint density at radius 3 is 1.82 bits per heavy atom. The zero-order chi connectivity index (χ0) is 15.2. The van der Waals surface area contributed by atoms with Gasteiger partial charge in [-0.15, -0.1) is 18.3 Å². The average molecular weight is 302 g/mol. The van der Waals surface area contributed by atoms with Gasteiger partial charge in [-0.3, -0.25) is 0 Å². The molecule has 0 aliphatic carbocycles. The summed E-state index contributed by atoms with van der Waals surface area (Å²) < 4.78 is 0. The van der Waals surface area contributed by atoms with Gasteiger partial charge in [0.15, 0.2) is 0 Å². The molecule has 0 unspecified atom stereocenters. The smallest absolute Gasteiger partial charge is 0.0158 e. The molecule has 0 heterocycles. The second-order valence-electron chi connectivity index (χ2n) is 5.04. The van der Waals surface area contributed by atoms with Gasteiger partial charge in [-0.05, 0) is 34.4 Å². The predicted molar refractivity (Wildman–Crippen MR) is 98.2 cm³/mol. The second-order valence-corrected chi connectivity index (χ2v) is 6.13. The van der Waals surface area contributed by atoms with Crippen LogP contribution in [0.15, 0.2) is 96.4 Å². The zero-order valence-electron chi connectivity index (χ0n) is 12.4. The van der Waals surface area contributed by atoms with Crippen molar-refractivity contribution in [2.24, 2.45) is 0 Å². The van der Waals surface area contributed by atoms with E-state index in [1.54, 1.807) is 11.8 Å². The van der Waals surface area contributed by atoms with Crippen LogP contribution in [0.1, 0.15) is 0 Å². The molecular formula is C21H18S. The van der Waals surface area contributed by atoms with E-state index in [1.807, 2.05) is 6.08 Å². The lowest BCUT2D eigenvalue weighted by Gasteiger charge is -2.10. The van der Waals surface area contributed by atoms with Crippen LogP contribution in [-0.4, -0.2) is 5.75 Å². The van der Waals surface area contributed by atoms with Crippen LogP contribution in [-0.2, 0) is 0 Å². The average Bonchev–Trinajstić information content (AvgIpc) is 2.61. The first-order chi connectivity index (χ1) is 10.9. The molecule has 0 aliphatic heterocycles. The fraction of sp³-hybridized carbons (Fsp3) is 0.0476. The lowest BCUT2D eigenvalue weighted by molar-refractivity contribution is 1.45. The molecule has 0 aliphatic rings. The van der Waals surface area contributed by atoms with Gasteiger partial charge in [0, 0.05) is 10.6 Å². The summed E-state index contributed by atoms with van der Waals surface area (Å²) in [6.07, 6.45) is 1.93. The number of thioether (sulfide) groups is 1. The van der Waals surface area contributed by atoms with Gasteiger partial charge in [0.05, 0.1) is 0 Å². The minimum Gasteiger partial charge on any atom is -0.122 e. The maximum atomic E-state index is 3.77. The standard InChI is InChI=1S/C21H18S/c1-2-16-22-19-14-12-18(13-15-19)21-11-7-6-10-20(21)17-8-4-3-5-9-17/h2-15H,1,16H2. The van der Waals surface area contributed by atoms with Crippen molar-refractivity contribution < 1.29 is 0 Å². The SMILES string of the molecule is C=CCSc1ccc(-c2ccccc2-c2ccccc2)cc1. The van der Waals surface area contributed by atoms with E-state index in [1.165, 1.54) is 27.1 Å². The van der Waals surface area contributed by atoms with Crippen molar-refractivity contribution in [1.29, 1.82) is 0 Å². The molecule has 0 fully saturated rings. The Bertz CT molecular complexity index is 742. The van der Waals surface area contributed by atoms with Crippen molar-refractivity contribution in [3.05, 3.63) is 91.5 Å². The highest BCUT2D eigenvalue weighted by Gasteiger charge is 2.06. The van der Waals surface area contributed by atoms with Gasteiger partial charge in [0.2, 0.25) is 0 Å². The van der Waals surface area contributed by atoms with Crippen LogP contribution in [0.2, 0.25) is 0 Å². The van der Waals surface area contributed by atoms with Gasteiger partial charge in [0.25, 0.3) is 0 Å². The molecule has 0 atom stereocenters. The number of hydrogen-bond donors (Lipinski definition) is 0. The van der Waals surface area contributed by atoms with E-state index in [-0.39, 0.29) is 0 Å². The molecule has 0 N–H and O–H groups in total. The van der Waals surface area contributed by atoms with Gasteiger partial charge in [0.1, 0.15) is 0 Å². The fourth-order valence-corrected chi connectivity index (χ4v) is 3.13. The first kappa shape index (κ1) is 14.7. The van der Waals surface area contributed by atoms with Gasteiger partial charge in [-0.1, -0.05) is 72.8 Å². The van der Waals surface area contributed by atoms with Crippen molar-refractivity contribution in [2.75, 3.05) is 5.75 Å². The predicted octanol–water partition coefficient (Wildman–Crippen LogP) is 6.30. The lowest BCUT2D eigenvalue weighted by atomic mass is 9.95. The molecule has 0 radical (unpaired) electrons. The Morgan fingerprint density at radius 2 is 1.23 bits per heavy atom. The lowest BCUT2D eigenvalue weighted by Crippen LogP contribution is -1.85. The molecule has 0 bridgehead atoms. The van der Waals surface area contributed by atoms with E-state index in [9.17, 15) is 0 Å². The Morgan fingerprint density at radius 1 is 0.682 bits per heavy atom. The van der Waals surface area contributed by atoms with Crippen molar-refractivity contribution in [1.82, 2.24) is 0 Å². The topological polar surface area (TPSA) is 0 Å². The molecule has 3 rings (SSSR count). The maximum Gasteiger partial charge on any atom is 0.0158 e. The van der Waals surface area contributed by atoms with E-state index < -0.39 is 0 Å². The Labute approximate surface area is 136 Å². The molecule has 3 aromatic rings. The molecule has 0 nitrogen and oxygen atoms in total. The first-order valence-electron chi connectivity index (χ1n) is 7.37. The number of rotatable bonds is 5. The molecular weight excluding hydrogens is 284 g/mol. The van der Waals surface area contributed by atoms with E-state index >= 15 is 0 Å². The van der Waals surface area contributed by atoms with Crippen molar-refractivity contribution in [3.63, 3.8) is 0 Å². The van der Waals surface area contributed by atoms with Crippen molar-refractivity contribution in [2.45, 2.75) is 4.90 Å². The Hall–Kier alpha value is -2.25. The third kappa shape index (κ3) is 3.32. The van der Waals surface area contributed by atoms with Crippen LogP contribution < -0.4 is 0 Å². The monoisotopic (exact) mass is 302 g/mol. The normalized spacial score (nSPS) is 10.4. The highest BCUT2D eigenvalue weighted by molar-refractivity contribution is 7.99. The quantitative estimate of drug-likeness (QED) is 0.394. The molecule has 22 heavy (non-hydrogen) atoms. The summed E-state index contributed by atoms with van der Waals surface area (Å²) >= 11 is 1.81. The first-order valence-corrected chi connectivity index (χ1v) is 8.35. The molecule has 0 spiro atoms. The van der Waals surface area contributed by atoms with E-state index in [2.05, 4.69) is 85.4 Å². The summed E-state index contributed by atoms with van der Waals surface area (Å²) in [5, 5.41) is 0. The summed E-state index contributed by atoms with van der Waals surface area (Å²) in [5.41, 5.74) is 5.05. The molecule has 1 heteroatoms. The van der Waals surface area contributed by atoms with Crippen LogP contribution in [0.5, 0.6) is 0 Å². The van der Waals surface area contributed by atoms with Crippen molar-refractivity contribution >= 4 is 11.8 Å². The zero-order valence-corrected chi connectivity index (χ0v) is 13.2. The fourth-order valence-electron chi connectivity index (χ4n) is 2.49. The molecule has 3 aromatic carbocycles. The minimum absolute atomic E-state index is 0.944. The molecule has 0 aromatic heterocycles. The Balaban J connectivity index is 1.97. The van der Waals surface area contributed by atoms with Gasteiger partial charge >= 0.3 is 0 Å². The second kappa shape index (κ2) is 7.15. The van der Waals surface area contributed by atoms with E-state index in [0.29, 0.717) is 0 Å². The Kier molecular flexibility index (Phi) is 4.77. The van der Waals surface area contributed by atoms with E-state index in [0.717, 1.165) is 5.75 Å². The summed E-state index contributed by atoms with van der Waals surface area (Å²) in [4.78, 5) is 1.28. The number of benzene rings is 3. The minimum atomic E-state index is 0.944. The summed E-state index contributed by atoms with van der Waals surface area (Å²) in [6, 6.07) is 27.9. The number of hydrogen-bond acceptors (Lipinski definition) is 1. The molecule has 0 saturated heterocycles. The van der Waals surface area contributed by atoms with Gasteiger partial charge in [-0.2, -0.15) is 0 Å². The van der Waals surface area contributed by atoms with Crippen molar-refractivity contribution in [3.8, 4) is 22.3 Å². The highest BCUT2D eigenvalue weighted by Crippen LogP contribution is 2.32. The molecule has 0 saturated carbocycles. The third-order valence-electron chi connectivity index (χ3n) is 3.55. The summed E-state index contributed by atoms with van der Waals surface area (Å²) in [7, 11) is 0. The van der Waals surface area contributed by atoms with Crippen LogP contribution in [0.25, 0.3) is 22.3 Å². The van der Waals surface area contributed by atoms with Crippen LogP contribution in [0.4, 0.5) is 0 Å². The molecule has 0 amide bonds. The summed E-state index contributed by atoms with van der Waals surface area (Å²) in [5.74, 6) is 0.944. The maximum absolute atomic E-state index is 3.77. The van der Waals surface area contributed by atoms with Crippen LogP contribution >= 0.6 is 11.8 Å². The van der Waals surface area contributed by atoms with Crippen LogP contribution in [0, 0.1) is 0 Å². The van der Waals surface area contributed by atoms with E-state index in [4.69, 9.17) is 0 Å². The van der Waals surface area contributed by atoms with Gasteiger partial charge in [-0.25, -0.2) is 0 Å². The largest absolute Gasteiger partial charge is 0.122 e. The highest BCUT2D eigenvalue weighted by atomic mass is 32.2. The summed E-state index contributed by atoms with van der Waals surface area (Å²) in [6.45, 7) is 3.77. The third-order valence-corrected chi connectivity index (χ3v) is 4.55. The van der Waals surface area contributed by atoms with Crippen LogP contribution in [0.3, 0.4) is 0 Å². The van der Waals surface area contributed by atoms with Gasteiger partial charge < -0.3 is 0 Å². The molecule has 108 valence electrons.